The molecule has 2 nitrogen and oxygen atoms in total. The molecule has 104 valence electrons. The molecule has 0 atom stereocenters. The zero-order chi connectivity index (χ0) is 14.1. The first kappa shape index (κ1) is 15.7. The van der Waals surface area contributed by atoms with Crippen molar-refractivity contribution in [3.8, 4) is 0 Å². The molecule has 1 aromatic rings. The van der Waals surface area contributed by atoms with Gasteiger partial charge in [-0.25, -0.2) is 0 Å². The molecule has 0 N–H and O–H groups in total. The predicted molar refractivity (Wildman–Crippen MR) is 84.3 cm³/mol. The Morgan fingerprint density at radius 2 is 1.53 bits per heavy atom. The summed E-state index contributed by atoms with van der Waals surface area (Å²) in [4.78, 5) is 4.93. The van der Waals surface area contributed by atoms with Crippen LogP contribution in [0.15, 0.2) is 49.6 Å². The van der Waals surface area contributed by atoms with Gasteiger partial charge in [0.2, 0.25) is 0 Å². The van der Waals surface area contributed by atoms with E-state index >= 15 is 0 Å². The summed E-state index contributed by atoms with van der Waals surface area (Å²) < 4.78 is 0. The Balaban J connectivity index is 0.000000399. The maximum Gasteiger partial charge on any atom is 0.0234 e. The summed E-state index contributed by atoms with van der Waals surface area (Å²) in [6.07, 6.45) is 3.28. The molecule has 0 saturated carbocycles. The fourth-order valence-electron chi connectivity index (χ4n) is 1.96. The highest BCUT2D eigenvalue weighted by Gasteiger charge is 2.13. The molecule has 0 aliphatic carbocycles. The number of likely N-dealkylation sites (N-methyl/N-ethyl adjacent to an activating group) is 1. The van der Waals surface area contributed by atoms with E-state index in [0.29, 0.717) is 0 Å². The maximum absolute atomic E-state index is 3.36. The van der Waals surface area contributed by atoms with Gasteiger partial charge in [0.25, 0.3) is 0 Å². The molecule has 0 spiro atoms. The lowest BCUT2D eigenvalue weighted by Gasteiger charge is -2.32. The van der Waals surface area contributed by atoms with Crippen LogP contribution in [-0.4, -0.2) is 43.0 Å². The van der Waals surface area contributed by atoms with E-state index in [0.717, 1.165) is 6.54 Å². The molecule has 1 aliphatic rings. The molecular formula is C17H26N2. The van der Waals surface area contributed by atoms with E-state index in [2.05, 4.69) is 61.2 Å². The van der Waals surface area contributed by atoms with Crippen molar-refractivity contribution in [1.82, 2.24) is 9.80 Å². The second-order valence-corrected chi connectivity index (χ2v) is 5.04. The molecule has 1 heterocycles. The second-order valence-electron chi connectivity index (χ2n) is 5.04. The van der Waals surface area contributed by atoms with Crippen molar-refractivity contribution < 1.29 is 0 Å². The maximum atomic E-state index is 3.36. The lowest BCUT2D eigenvalue weighted by atomic mass is 10.1. The predicted octanol–water partition coefficient (Wildman–Crippen LogP) is 3.10. The zero-order valence-corrected chi connectivity index (χ0v) is 12.3. The van der Waals surface area contributed by atoms with Crippen molar-refractivity contribution in [3.05, 3.63) is 60.7 Å². The molecule has 1 saturated heterocycles. The van der Waals surface area contributed by atoms with Gasteiger partial charge in [-0.05, 0) is 19.5 Å². The molecule has 0 aromatic heterocycles. The number of allylic oxidation sites excluding steroid dienone is 2. The number of nitrogens with zero attached hydrogens (tertiary/aromatic N) is 2. The van der Waals surface area contributed by atoms with Crippen LogP contribution in [0.4, 0.5) is 0 Å². The van der Waals surface area contributed by atoms with E-state index in [4.69, 9.17) is 0 Å². The molecule has 1 aromatic carbocycles. The molecular weight excluding hydrogens is 232 g/mol. The third-order valence-electron chi connectivity index (χ3n) is 3.29. The van der Waals surface area contributed by atoms with Crippen molar-refractivity contribution in [2.45, 2.75) is 13.5 Å². The average Bonchev–Trinajstić information content (AvgIpc) is 2.44. The second kappa shape index (κ2) is 8.68. The Morgan fingerprint density at radius 1 is 1.00 bits per heavy atom. The van der Waals surface area contributed by atoms with Crippen LogP contribution in [0.3, 0.4) is 0 Å². The van der Waals surface area contributed by atoms with Gasteiger partial charge in [0.05, 0.1) is 0 Å². The van der Waals surface area contributed by atoms with E-state index < -0.39 is 0 Å². The van der Waals surface area contributed by atoms with Gasteiger partial charge in [-0.15, -0.1) is 0 Å². The van der Waals surface area contributed by atoms with E-state index in [9.17, 15) is 0 Å². The number of hydrogen-bond acceptors (Lipinski definition) is 2. The molecule has 19 heavy (non-hydrogen) atoms. The SMILES string of the molecule is C=CC=C.Cc1ccc(CN2CCN(C)CC2)cc1. The first-order valence-corrected chi connectivity index (χ1v) is 6.85. The summed E-state index contributed by atoms with van der Waals surface area (Å²) in [5.41, 5.74) is 2.78. The van der Waals surface area contributed by atoms with Gasteiger partial charge < -0.3 is 4.90 Å². The topological polar surface area (TPSA) is 6.48 Å². The van der Waals surface area contributed by atoms with Gasteiger partial charge in [0, 0.05) is 32.7 Å². The summed E-state index contributed by atoms with van der Waals surface area (Å²) in [5, 5.41) is 0. The highest BCUT2D eigenvalue weighted by atomic mass is 15.2. The van der Waals surface area contributed by atoms with E-state index in [1.807, 2.05) is 0 Å². The summed E-state index contributed by atoms with van der Waals surface area (Å²) in [5.74, 6) is 0. The summed E-state index contributed by atoms with van der Waals surface area (Å²) in [7, 11) is 2.20. The van der Waals surface area contributed by atoms with Crippen LogP contribution < -0.4 is 0 Å². The van der Waals surface area contributed by atoms with Crippen LogP contribution in [0.5, 0.6) is 0 Å². The molecule has 2 rings (SSSR count). The minimum atomic E-state index is 1.11. The third kappa shape index (κ3) is 6.37. The minimum Gasteiger partial charge on any atom is -0.304 e. The number of piperazine rings is 1. The summed E-state index contributed by atoms with van der Waals surface area (Å²) >= 11 is 0. The van der Waals surface area contributed by atoms with Gasteiger partial charge in [0.15, 0.2) is 0 Å². The standard InChI is InChI=1S/C13H20N2.C4H6/c1-12-3-5-13(6-4-12)11-15-9-7-14(2)8-10-15;1-3-4-2/h3-6H,7-11H2,1-2H3;3-4H,1-2H2. The van der Waals surface area contributed by atoms with Crippen molar-refractivity contribution in [1.29, 1.82) is 0 Å². The van der Waals surface area contributed by atoms with Crippen LogP contribution >= 0.6 is 0 Å². The third-order valence-corrected chi connectivity index (χ3v) is 3.29. The van der Waals surface area contributed by atoms with Crippen LogP contribution in [0, 0.1) is 6.92 Å². The Bertz CT molecular complexity index is 367. The van der Waals surface area contributed by atoms with Crippen molar-refractivity contribution in [2.75, 3.05) is 33.2 Å². The largest absolute Gasteiger partial charge is 0.304 e. The fourth-order valence-corrected chi connectivity index (χ4v) is 1.96. The lowest BCUT2D eigenvalue weighted by Crippen LogP contribution is -2.43. The first-order chi connectivity index (χ1) is 9.15. The quantitative estimate of drug-likeness (QED) is 0.769. The average molecular weight is 258 g/mol. The molecule has 0 radical (unpaired) electrons. The lowest BCUT2D eigenvalue weighted by molar-refractivity contribution is 0.148. The number of rotatable bonds is 3. The molecule has 0 amide bonds. The Morgan fingerprint density at radius 3 is 2.00 bits per heavy atom. The van der Waals surface area contributed by atoms with Crippen LogP contribution in [0.1, 0.15) is 11.1 Å². The van der Waals surface area contributed by atoms with Gasteiger partial charge in [-0.2, -0.15) is 0 Å². The van der Waals surface area contributed by atoms with Crippen molar-refractivity contribution in [3.63, 3.8) is 0 Å². The number of aryl methyl sites for hydroxylation is 1. The Hall–Kier alpha value is -1.38. The Kier molecular flexibility index (Phi) is 7.16. The van der Waals surface area contributed by atoms with Gasteiger partial charge in [0.1, 0.15) is 0 Å². The molecule has 0 unspecified atom stereocenters. The molecule has 2 heteroatoms. The smallest absolute Gasteiger partial charge is 0.0234 e. The van der Waals surface area contributed by atoms with E-state index in [-0.39, 0.29) is 0 Å². The molecule has 1 fully saturated rings. The monoisotopic (exact) mass is 258 g/mol. The molecule has 0 bridgehead atoms. The first-order valence-electron chi connectivity index (χ1n) is 6.85. The highest BCUT2D eigenvalue weighted by Crippen LogP contribution is 2.08. The van der Waals surface area contributed by atoms with Gasteiger partial charge in [-0.1, -0.05) is 55.1 Å². The zero-order valence-electron chi connectivity index (χ0n) is 12.3. The number of hydrogen-bond donors (Lipinski definition) is 0. The Labute approximate surface area is 118 Å². The summed E-state index contributed by atoms with van der Waals surface area (Å²) in [6.45, 7) is 14.8. The highest BCUT2D eigenvalue weighted by molar-refractivity contribution is 5.21. The normalized spacial score (nSPS) is 16.3. The van der Waals surface area contributed by atoms with Gasteiger partial charge in [-0.3, -0.25) is 4.90 Å². The van der Waals surface area contributed by atoms with Crippen molar-refractivity contribution in [2.24, 2.45) is 0 Å². The van der Waals surface area contributed by atoms with E-state index in [1.54, 1.807) is 12.2 Å². The van der Waals surface area contributed by atoms with Crippen LogP contribution in [0.2, 0.25) is 0 Å². The van der Waals surface area contributed by atoms with Crippen molar-refractivity contribution >= 4 is 0 Å². The van der Waals surface area contributed by atoms with Gasteiger partial charge >= 0.3 is 0 Å². The minimum absolute atomic E-state index is 1.11. The van der Waals surface area contributed by atoms with Crippen LogP contribution in [0.25, 0.3) is 0 Å². The fraction of sp³-hybridized carbons (Fsp3) is 0.412. The van der Waals surface area contributed by atoms with E-state index in [1.165, 1.54) is 37.3 Å². The molecule has 1 aliphatic heterocycles. The summed E-state index contributed by atoms with van der Waals surface area (Å²) in [6, 6.07) is 8.89. The van der Waals surface area contributed by atoms with Crippen LogP contribution in [-0.2, 0) is 6.54 Å². The number of benzene rings is 1.